The van der Waals surface area contributed by atoms with E-state index in [1.54, 1.807) is 0 Å². The van der Waals surface area contributed by atoms with E-state index in [0.29, 0.717) is 19.6 Å². The monoisotopic (exact) mass is 272 g/mol. The molecule has 1 heterocycles. The van der Waals surface area contributed by atoms with Crippen molar-refractivity contribution in [2.75, 3.05) is 19.8 Å². The third kappa shape index (κ3) is 5.46. The molecule has 0 aromatic rings. The van der Waals surface area contributed by atoms with Gasteiger partial charge in [-0.25, -0.2) is 4.79 Å². The molecule has 110 valence electrons. The molecule has 1 aliphatic heterocycles. The van der Waals surface area contributed by atoms with Gasteiger partial charge in [0.15, 0.2) is 0 Å². The number of amides is 2. The van der Waals surface area contributed by atoms with Crippen LogP contribution in [-0.2, 0) is 9.53 Å². The quantitative estimate of drug-likeness (QED) is 0.678. The summed E-state index contributed by atoms with van der Waals surface area (Å²) in [6, 6.07) is -0.331. The third-order valence-electron chi connectivity index (χ3n) is 3.25. The fraction of sp³-hybridized carbons (Fsp3) is 0.846. The maximum Gasteiger partial charge on any atom is 0.315 e. The zero-order valence-electron chi connectivity index (χ0n) is 11.9. The molecule has 0 radical (unpaired) electrons. The van der Waals surface area contributed by atoms with Crippen molar-refractivity contribution in [1.29, 1.82) is 0 Å². The van der Waals surface area contributed by atoms with Gasteiger partial charge < -0.3 is 20.5 Å². The molecular formula is C13H24N2O4. The van der Waals surface area contributed by atoms with Crippen LogP contribution in [0.4, 0.5) is 4.79 Å². The van der Waals surface area contributed by atoms with Gasteiger partial charge in [-0.1, -0.05) is 13.8 Å². The van der Waals surface area contributed by atoms with Gasteiger partial charge in [-0.2, -0.15) is 0 Å². The van der Waals surface area contributed by atoms with E-state index >= 15 is 0 Å². The lowest BCUT2D eigenvalue weighted by molar-refractivity contribution is -0.142. The zero-order chi connectivity index (χ0) is 14.5. The molecule has 2 unspecified atom stereocenters. The van der Waals surface area contributed by atoms with Crippen molar-refractivity contribution in [1.82, 2.24) is 10.6 Å². The van der Waals surface area contributed by atoms with Gasteiger partial charge in [0, 0.05) is 13.2 Å². The molecule has 0 aliphatic carbocycles. The van der Waals surface area contributed by atoms with Crippen LogP contribution >= 0.6 is 0 Å². The van der Waals surface area contributed by atoms with Crippen molar-refractivity contribution >= 4 is 12.0 Å². The second-order valence-corrected chi connectivity index (χ2v) is 5.86. The normalized spacial score (nSPS) is 24.2. The molecular weight excluding hydrogens is 248 g/mol. The Morgan fingerprint density at radius 2 is 2.11 bits per heavy atom. The number of urea groups is 1. The Morgan fingerprint density at radius 1 is 1.42 bits per heavy atom. The summed E-state index contributed by atoms with van der Waals surface area (Å²) in [4.78, 5) is 22.8. The largest absolute Gasteiger partial charge is 0.481 e. The summed E-state index contributed by atoms with van der Waals surface area (Å²) in [5.74, 6) is -1.13. The molecule has 1 rings (SSSR count). The van der Waals surface area contributed by atoms with Crippen LogP contribution in [0.3, 0.4) is 0 Å². The first-order valence-electron chi connectivity index (χ1n) is 6.69. The average Bonchev–Trinajstić information content (AvgIpc) is 2.70. The zero-order valence-corrected chi connectivity index (χ0v) is 11.9. The summed E-state index contributed by atoms with van der Waals surface area (Å²) in [6.45, 7) is 7.13. The van der Waals surface area contributed by atoms with E-state index in [1.807, 2.05) is 20.8 Å². The number of carbonyl (C=O) groups excluding carboxylic acids is 1. The molecule has 1 aliphatic rings. The number of carbonyl (C=O) groups is 2. The highest BCUT2D eigenvalue weighted by Gasteiger charge is 2.31. The molecule has 3 N–H and O–H groups in total. The summed E-state index contributed by atoms with van der Waals surface area (Å²) in [5, 5.41) is 14.5. The lowest BCUT2D eigenvalue weighted by Crippen LogP contribution is -2.51. The van der Waals surface area contributed by atoms with E-state index in [1.165, 1.54) is 0 Å². The molecule has 0 saturated carbocycles. The smallest absolute Gasteiger partial charge is 0.315 e. The van der Waals surface area contributed by atoms with Crippen molar-refractivity contribution in [2.24, 2.45) is 11.8 Å². The highest BCUT2D eigenvalue weighted by atomic mass is 16.5. The van der Waals surface area contributed by atoms with Gasteiger partial charge in [0.2, 0.25) is 0 Å². The second kappa shape index (κ2) is 6.75. The highest BCUT2D eigenvalue weighted by Crippen LogP contribution is 2.17. The minimum atomic E-state index is -0.871. The van der Waals surface area contributed by atoms with Crippen LogP contribution in [0.15, 0.2) is 0 Å². The van der Waals surface area contributed by atoms with Gasteiger partial charge in [0.1, 0.15) is 0 Å². The van der Waals surface area contributed by atoms with E-state index in [0.717, 1.165) is 6.42 Å². The minimum Gasteiger partial charge on any atom is -0.481 e. The van der Waals surface area contributed by atoms with Crippen LogP contribution in [0, 0.1) is 11.8 Å². The van der Waals surface area contributed by atoms with Crippen LogP contribution in [-0.4, -0.2) is 42.4 Å². The van der Waals surface area contributed by atoms with Crippen molar-refractivity contribution < 1.29 is 19.4 Å². The molecule has 0 aromatic carbocycles. The predicted molar refractivity (Wildman–Crippen MR) is 71.0 cm³/mol. The van der Waals surface area contributed by atoms with Crippen LogP contribution in [0.1, 0.15) is 33.6 Å². The molecule has 0 bridgehead atoms. The molecule has 6 nitrogen and oxygen atoms in total. The van der Waals surface area contributed by atoms with Gasteiger partial charge in [-0.05, 0) is 25.7 Å². The standard InChI is InChI=1S/C13H24N2O4/c1-9(2)6-10(11(16)17)7-14-12(18)15-13(3)4-5-19-8-13/h9-10H,4-8H2,1-3H3,(H,16,17)(H2,14,15,18). The number of hydrogen-bond acceptors (Lipinski definition) is 3. The maximum atomic E-state index is 11.7. The Balaban J connectivity index is 2.37. The second-order valence-electron chi connectivity index (χ2n) is 5.86. The first kappa shape index (κ1) is 15.8. The molecule has 19 heavy (non-hydrogen) atoms. The number of hydrogen-bond donors (Lipinski definition) is 3. The Labute approximate surface area is 113 Å². The van der Waals surface area contributed by atoms with E-state index < -0.39 is 11.9 Å². The third-order valence-corrected chi connectivity index (χ3v) is 3.25. The fourth-order valence-electron chi connectivity index (χ4n) is 2.14. The van der Waals surface area contributed by atoms with Gasteiger partial charge >= 0.3 is 12.0 Å². The molecule has 1 fully saturated rings. The number of nitrogens with one attached hydrogen (secondary N) is 2. The number of aliphatic carboxylic acids is 1. The summed E-state index contributed by atoms with van der Waals surface area (Å²) in [5.41, 5.74) is -0.346. The molecule has 1 saturated heterocycles. The summed E-state index contributed by atoms with van der Waals surface area (Å²) >= 11 is 0. The molecule has 2 atom stereocenters. The number of carboxylic acids is 1. The Morgan fingerprint density at radius 3 is 2.58 bits per heavy atom. The van der Waals surface area contributed by atoms with Gasteiger partial charge in [-0.3, -0.25) is 4.79 Å². The van der Waals surface area contributed by atoms with E-state index in [-0.39, 0.29) is 24.0 Å². The number of ether oxygens (including phenoxy) is 1. The Kier molecular flexibility index (Phi) is 5.60. The van der Waals surface area contributed by atoms with Crippen molar-refractivity contribution in [3.8, 4) is 0 Å². The van der Waals surface area contributed by atoms with Crippen LogP contribution in [0.2, 0.25) is 0 Å². The van der Waals surface area contributed by atoms with Crippen LogP contribution in [0.25, 0.3) is 0 Å². The molecule has 6 heteroatoms. The molecule has 2 amide bonds. The predicted octanol–water partition coefficient (Wildman–Crippen LogP) is 1.21. The Bertz CT molecular complexity index is 325. The SMILES string of the molecule is CC(C)CC(CNC(=O)NC1(C)CCOC1)C(=O)O. The highest BCUT2D eigenvalue weighted by molar-refractivity contribution is 5.76. The van der Waals surface area contributed by atoms with Crippen molar-refractivity contribution in [3.63, 3.8) is 0 Å². The van der Waals surface area contributed by atoms with Crippen molar-refractivity contribution in [2.45, 2.75) is 39.2 Å². The van der Waals surface area contributed by atoms with E-state index in [2.05, 4.69) is 10.6 Å². The summed E-state index contributed by atoms with van der Waals surface area (Å²) in [7, 11) is 0. The first-order chi connectivity index (χ1) is 8.82. The van der Waals surface area contributed by atoms with Crippen LogP contribution in [0.5, 0.6) is 0 Å². The fourth-order valence-corrected chi connectivity index (χ4v) is 2.14. The maximum absolute atomic E-state index is 11.7. The number of carboxylic acid groups (broad SMARTS) is 1. The van der Waals surface area contributed by atoms with Crippen molar-refractivity contribution in [3.05, 3.63) is 0 Å². The van der Waals surface area contributed by atoms with Crippen LogP contribution < -0.4 is 10.6 Å². The molecule has 0 spiro atoms. The topological polar surface area (TPSA) is 87.7 Å². The van der Waals surface area contributed by atoms with E-state index in [9.17, 15) is 9.59 Å². The van der Waals surface area contributed by atoms with Gasteiger partial charge in [0.05, 0.1) is 18.1 Å². The van der Waals surface area contributed by atoms with Gasteiger partial charge in [0.25, 0.3) is 0 Å². The minimum absolute atomic E-state index is 0.149. The first-order valence-corrected chi connectivity index (χ1v) is 6.69. The average molecular weight is 272 g/mol. The molecule has 0 aromatic heterocycles. The Hall–Kier alpha value is -1.30. The number of rotatable bonds is 6. The summed E-state index contributed by atoms with van der Waals surface area (Å²) in [6.07, 6.45) is 1.32. The lowest BCUT2D eigenvalue weighted by Gasteiger charge is -2.24. The lowest BCUT2D eigenvalue weighted by atomic mass is 9.97. The van der Waals surface area contributed by atoms with Gasteiger partial charge in [-0.15, -0.1) is 0 Å². The van der Waals surface area contributed by atoms with E-state index in [4.69, 9.17) is 9.84 Å². The summed E-state index contributed by atoms with van der Waals surface area (Å²) < 4.78 is 5.24.